The standard InChI is InChI=1S/C36H37FN6O3/c1-3-42-15-12-36(21-42)13-16-43(22-36)20-23-6-9-26(10-7-23)39-34(45)24-8-11-30-31(19-24)41-33(40-30)28-17-25(18-29(37)32(28)44)27-5-4-14-38-35(27)46-2/h4-11,14,17-19,44H,3,12-13,15-16,20-22H2,1-2H3,(H,39,45)(H,40,41). The van der Waals surface area contributed by atoms with E-state index in [9.17, 15) is 14.3 Å². The summed E-state index contributed by atoms with van der Waals surface area (Å²) >= 11 is 0. The molecule has 5 aromatic rings. The molecule has 0 aliphatic carbocycles. The number of benzene rings is 3. The number of rotatable bonds is 8. The minimum absolute atomic E-state index is 0.179. The molecule has 2 aliphatic heterocycles. The van der Waals surface area contributed by atoms with Crippen LogP contribution in [0.1, 0.15) is 35.7 Å². The minimum Gasteiger partial charge on any atom is -0.504 e. The molecule has 3 N–H and O–H groups in total. The van der Waals surface area contributed by atoms with Gasteiger partial charge in [0, 0.05) is 42.6 Å². The summed E-state index contributed by atoms with van der Waals surface area (Å²) in [5.41, 5.74) is 5.21. The van der Waals surface area contributed by atoms with Crippen LogP contribution in [-0.4, -0.2) is 75.6 Å². The number of phenolic OH excluding ortho intramolecular Hbond substituents is 1. The summed E-state index contributed by atoms with van der Waals surface area (Å²) < 4.78 is 20.2. The number of nitrogens with one attached hydrogen (secondary N) is 2. The van der Waals surface area contributed by atoms with Crippen LogP contribution in [-0.2, 0) is 6.54 Å². The minimum atomic E-state index is -0.800. The zero-order valence-electron chi connectivity index (χ0n) is 26.0. The number of carbonyl (C=O) groups excluding carboxylic acids is 1. The quantitative estimate of drug-likeness (QED) is 0.187. The van der Waals surface area contributed by atoms with Crippen molar-refractivity contribution in [1.29, 1.82) is 0 Å². The van der Waals surface area contributed by atoms with E-state index in [1.165, 1.54) is 44.7 Å². The lowest BCUT2D eigenvalue weighted by Crippen LogP contribution is -2.30. The highest BCUT2D eigenvalue weighted by molar-refractivity contribution is 6.06. The molecule has 3 aromatic carbocycles. The lowest BCUT2D eigenvalue weighted by Gasteiger charge is -2.24. The molecule has 0 saturated carbocycles. The molecule has 1 spiro atoms. The highest BCUT2D eigenvalue weighted by atomic mass is 19.1. The van der Waals surface area contributed by atoms with Crippen LogP contribution in [0.2, 0.25) is 0 Å². The first-order valence-electron chi connectivity index (χ1n) is 15.7. The molecule has 1 atom stereocenters. The Labute approximate surface area is 267 Å². The third-order valence-electron chi connectivity index (χ3n) is 9.44. The maximum Gasteiger partial charge on any atom is 0.255 e. The molecule has 2 aromatic heterocycles. The summed E-state index contributed by atoms with van der Waals surface area (Å²) in [6, 6.07) is 19.5. The number of hydrogen-bond acceptors (Lipinski definition) is 7. The maximum atomic E-state index is 14.9. The number of methoxy groups -OCH3 is 1. The van der Waals surface area contributed by atoms with E-state index in [1.807, 2.05) is 12.1 Å². The van der Waals surface area contributed by atoms with Crippen molar-refractivity contribution in [3.8, 4) is 34.1 Å². The van der Waals surface area contributed by atoms with Crippen LogP contribution in [0.15, 0.2) is 72.9 Å². The number of nitrogens with zero attached hydrogens (tertiary/aromatic N) is 4. The Morgan fingerprint density at radius 2 is 1.83 bits per heavy atom. The number of imidazole rings is 1. The number of hydrogen-bond donors (Lipinski definition) is 3. The van der Waals surface area contributed by atoms with Crippen molar-refractivity contribution in [1.82, 2.24) is 24.8 Å². The molecule has 4 heterocycles. The first-order valence-corrected chi connectivity index (χ1v) is 15.7. The third-order valence-corrected chi connectivity index (χ3v) is 9.44. The van der Waals surface area contributed by atoms with Crippen LogP contribution < -0.4 is 10.1 Å². The Morgan fingerprint density at radius 3 is 2.59 bits per heavy atom. The van der Waals surface area contributed by atoms with E-state index < -0.39 is 11.6 Å². The van der Waals surface area contributed by atoms with Crippen molar-refractivity contribution in [3.63, 3.8) is 0 Å². The van der Waals surface area contributed by atoms with E-state index in [-0.39, 0.29) is 17.3 Å². The second-order valence-corrected chi connectivity index (χ2v) is 12.5. The topological polar surface area (TPSA) is 107 Å². The Hall–Kier alpha value is -4.80. The van der Waals surface area contributed by atoms with E-state index >= 15 is 0 Å². The number of amides is 1. The number of aromatic amines is 1. The number of ether oxygens (including phenoxy) is 1. The SMILES string of the molecule is CCN1CCC2(CCN(Cc3ccc(NC(=O)c4ccc5[nH]c(-c6cc(-c7cccnc7OC)cc(F)c6O)nc5c4)cc3)C2)C1. The summed E-state index contributed by atoms with van der Waals surface area (Å²) in [5.74, 6) is -0.990. The largest absolute Gasteiger partial charge is 0.504 e. The Kier molecular flexibility index (Phi) is 7.92. The highest BCUT2D eigenvalue weighted by Crippen LogP contribution is 2.40. The number of phenols is 1. The number of carbonyl (C=O) groups is 1. The van der Waals surface area contributed by atoms with Crippen molar-refractivity contribution in [3.05, 3.63) is 89.9 Å². The lowest BCUT2D eigenvalue weighted by molar-refractivity contribution is 0.102. The molecule has 236 valence electrons. The average molecular weight is 621 g/mol. The van der Waals surface area contributed by atoms with Gasteiger partial charge in [0.1, 0.15) is 5.82 Å². The van der Waals surface area contributed by atoms with Gasteiger partial charge in [0.05, 0.1) is 23.7 Å². The molecule has 9 nitrogen and oxygen atoms in total. The molecule has 1 unspecified atom stereocenters. The summed E-state index contributed by atoms with van der Waals surface area (Å²) in [6.07, 6.45) is 4.15. The molecule has 1 amide bonds. The van der Waals surface area contributed by atoms with E-state index in [1.54, 1.807) is 42.6 Å². The van der Waals surface area contributed by atoms with E-state index in [0.29, 0.717) is 44.7 Å². The first-order chi connectivity index (χ1) is 22.3. The summed E-state index contributed by atoms with van der Waals surface area (Å²) in [6.45, 7) is 9.01. The second-order valence-electron chi connectivity index (χ2n) is 12.5. The Balaban J connectivity index is 1.04. The van der Waals surface area contributed by atoms with E-state index in [4.69, 9.17) is 4.74 Å². The molecule has 2 fully saturated rings. The van der Waals surface area contributed by atoms with Crippen molar-refractivity contribution < 1.29 is 19.0 Å². The molecule has 10 heteroatoms. The van der Waals surface area contributed by atoms with E-state index in [0.717, 1.165) is 26.2 Å². The van der Waals surface area contributed by atoms with Crippen molar-refractivity contribution in [2.45, 2.75) is 26.3 Å². The fourth-order valence-corrected chi connectivity index (χ4v) is 6.93. The number of H-pyrrole nitrogens is 1. The van der Waals surface area contributed by atoms with Gasteiger partial charge in [-0.25, -0.2) is 14.4 Å². The lowest BCUT2D eigenvalue weighted by atomic mass is 9.86. The maximum absolute atomic E-state index is 14.9. The van der Waals surface area contributed by atoms with Crippen LogP contribution in [0, 0.1) is 11.2 Å². The Bertz CT molecular complexity index is 1910. The first kappa shape index (κ1) is 29.9. The fraction of sp³-hybridized carbons (Fsp3) is 0.306. The van der Waals surface area contributed by atoms with Crippen LogP contribution in [0.4, 0.5) is 10.1 Å². The molecule has 2 aliphatic rings. The van der Waals surface area contributed by atoms with Crippen molar-refractivity contribution >= 4 is 22.6 Å². The van der Waals surface area contributed by atoms with Crippen LogP contribution in [0.25, 0.3) is 33.5 Å². The van der Waals surface area contributed by atoms with Gasteiger partial charge in [0.25, 0.3) is 5.91 Å². The number of pyridine rings is 1. The van der Waals surface area contributed by atoms with Crippen molar-refractivity contribution in [2.24, 2.45) is 5.41 Å². The van der Waals surface area contributed by atoms with Gasteiger partial charge >= 0.3 is 0 Å². The van der Waals surface area contributed by atoms with E-state index in [2.05, 4.69) is 49.1 Å². The number of likely N-dealkylation sites (tertiary alicyclic amines) is 2. The number of halogens is 1. The normalized spacial score (nSPS) is 18.5. The smallest absolute Gasteiger partial charge is 0.255 e. The monoisotopic (exact) mass is 620 g/mol. The van der Waals surface area contributed by atoms with Gasteiger partial charge in [-0.05, 0) is 104 Å². The molecular formula is C36H37FN6O3. The van der Waals surface area contributed by atoms with Gasteiger partial charge in [-0.2, -0.15) is 0 Å². The van der Waals surface area contributed by atoms with Crippen LogP contribution in [0.5, 0.6) is 11.6 Å². The van der Waals surface area contributed by atoms with Crippen LogP contribution >= 0.6 is 0 Å². The molecule has 0 radical (unpaired) electrons. The molecule has 7 rings (SSSR count). The number of anilines is 1. The van der Waals surface area contributed by atoms with Crippen molar-refractivity contribution in [2.75, 3.05) is 45.2 Å². The molecule has 46 heavy (non-hydrogen) atoms. The predicted molar refractivity (Wildman–Crippen MR) is 176 cm³/mol. The van der Waals surface area contributed by atoms with Gasteiger partial charge in [0.15, 0.2) is 11.6 Å². The second kappa shape index (κ2) is 12.2. The summed E-state index contributed by atoms with van der Waals surface area (Å²) in [4.78, 5) is 30.2. The zero-order valence-corrected chi connectivity index (χ0v) is 26.0. The van der Waals surface area contributed by atoms with Gasteiger partial charge in [-0.1, -0.05) is 19.1 Å². The number of aromatic hydroxyl groups is 1. The van der Waals surface area contributed by atoms with Gasteiger partial charge in [-0.3, -0.25) is 9.69 Å². The third kappa shape index (κ3) is 5.81. The molecule has 2 saturated heterocycles. The highest BCUT2D eigenvalue weighted by Gasteiger charge is 2.42. The number of fused-ring (bicyclic) bond motifs is 1. The Morgan fingerprint density at radius 1 is 1.04 bits per heavy atom. The summed E-state index contributed by atoms with van der Waals surface area (Å²) in [5, 5.41) is 13.6. The predicted octanol–water partition coefficient (Wildman–Crippen LogP) is 6.32. The average Bonchev–Trinajstić information content (AvgIpc) is 3.80. The molecular weight excluding hydrogens is 583 g/mol. The van der Waals surface area contributed by atoms with Gasteiger partial charge < -0.3 is 25.0 Å². The van der Waals surface area contributed by atoms with Gasteiger partial charge in [0.2, 0.25) is 5.88 Å². The fourth-order valence-electron chi connectivity index (χ4n) is 6.93. The number of aromatic nitrogens is 3. The van der Waals surface area contributed by atoms with Gasteiger partial charge in [-0.15, -0.1) is 0 Å². The molecule has 0 bridgehead atoms. The summed E-state index contributed by atoms with van der Waals surface area (Å²) in [7, 11) is 1.49. The zero-order chi connectivity index (χ0) is 31.8. The van der Waals surface area contributed by atoms with Crippen LogP contribution in [0.3, 0.4) is 0 Å².